The summed E-state index contributed by atoms with van der Waals surface area (Å²) in [4.78, 5) is 2.56. The summed E-state index contributed by atoms with van der Waals surface area (Å²) in [5, 5.41) is 7.26. The van der Waals surface area contributed by atoms with E-state index in [0.29, 0.717) is 5.11 Å². The van der Waals surface area contributed by atoms with Crippen molar-refractivity contribution in [3.63, 3.8) is 0 Å². The lowest BCUT2D eigenvalue weighted by Crippen LogP contribution is -2.53. The Balaban J connectivity index is 1.80. The monoisotopic (exact) mass is 291 g/mol. The molecule has 20 heavy (non-hydrogen) atoms. The number of nitrogens with zero attached hydrogens (tertiary/aromatic N) is 1. The van der Waals surface area contributed by atoms with Crippen LogP contribution in [0, 0.1) is 0 Å². The average molecular weight is 291 g/mol. The standard InChI is InChI=1S/C16H25N3S/c1-16(2,19-11-7-4-8-12-19)13-17-15(20)18-14-9-5-3-6-10-14/h3,5-6,9-10H,4,7-8,11-13H2,1-2H3,(H2,17,18,20). The lowest BCUT2D eigenvalue weighted by Gasteiger charge is -2.41. The van der Waals surface area contributed by atoms with Crippen molar-refractivity contribution in [3.8, 4) is 0 Å². The summed E-state index contributed by atoms with van der Waals surface area (Å²) in [6.45, 7) is 7.85. The number of hydrogen-bond donors (Lipinski definition) is 2. The van der Waals surface area contributed by atoms with Gasteiger partial charge in [0, 0.05) is 17.8 Å². The van der Waals surface area contributed by atoms with Gasteiger partial charge in [0.2, 0.25) is 0 Å². The molecule has 1 heterocycles. The Morgan fingerprint density at radius 3 is 2.45 bits per heavy atom. The maximum absolute atomic E-state index is 5.36. The van der Waals surface area contributed by atoms with E-state index >= 15 is 0 Å². The van der Waals surface area contributed by atoms with Crippen LogP contribution < -0.4 is 10.6 Å². The highest BCUT2D eigenvalue weighted by atomic mass is 32.1. The summed E-state index contributed by atoms with van der Waals surface area (Å²) in [6.07, 6.45) is 4.00. The number of benzene rings is 1. The first-order valence-electron chi connectivity index (χ1n) is 7.43. The summed E-state index contributed by atoms with van der Waals surface area (Å²) >= 11 is 5.36. The first-order chi connectivity index (χ1) is 9.58. The van der Waals surface area contributed by atoms with E-state index in [-0.39, 0.29) is 5.54 Å². The molecule has 1 aliphatic rings. The van der Waals surface area contributed by atoms with Crippen LogP contribution in [0.3, 0.4) is 0 Å². The third-order valence-corrected chi connectivity index (χ3v) is 4.17. The molecule has 2 N–H and O–H groups in total. The van der Waals surface area contributed by atoms with Gasteiger partial charge >= 0.3 is 0 Å². The van der Waals surface area contributed by atoms with Crippen molar-refractivity contribution in [2.24, 2.45) is 0 Å². The number of rotatable bonds is 4. The molecule has 0 saturated carbocycles. The van der Waals surface area contributed by atoms with Gasteiger partial charge in [-0.1, -0.05) is 24.6 Å². The zero-order chi connectivity index (χ0) is 14.4. The van der Waals surface area contributed by atoms with Gasteiger partial charge in [0.15, 0.2) is 5.11 Å². The molecule has 4 heteroatoms. The third-order valence-electron chi connectivity index (χ3n) is 3.93. The molecular weight excluding hydrogens is 266 g/mol. The van der Waals surface area contributed by atoms with Gasteiger partial charge in [-0.25, -0.2) is 0 Å². The van der Waals surface area contributed by atoms with Gasteiger partial charge in [-0.05, 0) is 64.1 Å². The van der Waals surface area contributed by atoms with Crippen molar-refractivity contribution in [1.82, 2.24) is 10.2 Å². The summed E-state index contributed by atoms with van der Waals surface area (Å²) in [6, 6.07) is 10.0. The predicted molar refractivity (Wildman–Crippen MR) is 90.2 cm³/mol. The number of para-hydroxylation sites is 1. The van der Waals surface area contributed by atoms with Gasteiger partial charge in [-0.2, -0.15) is 0 Å². The summed E-state index contributed by atoms with van der Waals surface area (Å²) < 4.78 is 0. The van der Waals surface area contributed by atoms with Crippen LogP contribution in [0.25, 0.3) is 0 Å². The van der Waals surface area contributed by atoms with E-state index in [1.165, 1.54) is 32.4 Å². The van der Waals surface area contributed by atoms with E-state index in [9.17, 15) is 0 Å². The molecule has 0 aromatic heterocycles. The van der Waals surface area contributed by atoms with E-state index in [4.69, 9.17) is 12.2 Å². The molecule has 2 rings (SSSR count). The van der Waals surface area contributed by atoms with Crippen LogP contribution in [-0.2, 0) is 0 Å². The highest BCUT2D eigenvalue weighted by molar-refractivity contribution is 7.80. The minimum absolute atomic E-state index is 0.142. The van der Waals surface area contributed by atoms with Crippen LogP contribution in [0.5, 0.6) is 0 Å². The lowest BCUT2D eigenvalue weighted by atomic mass is 9.98. The van der Waals surface area contributed by atoms with Crippen LogP contribution in [-0.4, -0.2) is 35.2 Å². The van der Waals surface area contributed by atoms with E-state index in [1.807, 2.05) is 30.3 Å². The molecule has 1 aromatic carbocycles. The minimum Gasteiger partial charge on any atom is -0.361 e. The molecule has 0 aliphatic carbocycles. The molecule has 0 spiro atoms. The lowest BCUT2D eigenvalue weighted by molar-refractivity contribution is 0.0986. The molecule has 1 fully saturated rings. The maximum atomic E-state index is 5.36. The van der Waals surface area contributed by atoms with Gasteiger partial charge in [-0.3, -0.25) is 4.90 Å². The molecule has 1 saturated heterocycles. The van der Waals surface area contributed by atoms with Crippen molar-refractivity contribution >= 4 is 23.0 Å². The van der Waals surface area contributed by atoms with E-state index in [1.54, 1.807) is 0 Å². The fraction of sp³-hybridized carbons (Fsp3) is 0.562. The average Bonchev–Trinajstić information content (AvgIpc) is 2.47. The number of hydrogen-bond acceptors (Lipinski definition) is 2. The second-order valence-corrected chi connectivity index (χ2v) is 6.44. The van der Waals surface area contributed by atoms with Crippen LogP contribution in [0.1, 0.15) is 33.1 Å². The smallest absolute Gasteiger partial charge is 0.170 e. The molecule has 0 atom stereocenters. The summed E-state index contributed by atoms with van der Waals surface area (Å²) in [5.74, 6) is 0. The molecule has 1 aromatic rings. The minimum atomic E-state index is 0.142. The van der Waals surface area contributed by atoms with Gasteiger partial charge in [0.1, 0.15) is 0 Å². The zero-order valence-electron chi connectivity index (χ0n) is 12.5. The molecule has 0 amide bonds. The number of nitrogens with one attached hydrogen (secondary N) is 2. The van der Waals surface area contributed by atoms with Crippen LogP contribution >= 0.6 is 12.2 Å². The van der Waals surface area contributed by atoms with E-state index < -0.39 is 0 Å². The number of thiocarbonyl (C=S) groups is 1. The number of anilines is 1. The van der Waals surface area contributed by atoms with E-state index in [0.717, 1.165) is 12.2 Å². The molecule has 0 radical (unpaired) electrons. The van der Waals surface area contributed by atoms with Gasteiger partial charge in [0.25, 0.3) is 0 Å². The van der Waals surface area contributed by atoms with Crippen molar-refractivity contribution in [1.29, 1.82) is 0 Å². The zero-order valence-corrected chi connectivity index (χ0v) is 13.3. The third kappa shape index (κ3) is 4.46. The molecule has 0 bridgehead atoms. The largest absolute Gasteiger partial charge is 0.361 e. The Labute approximate surface area is 127 Å². The van der Waals surface area contributed by atoms with Crippen molar-refractivity contribution in [3.05, 3.63) is 30.3 Å². The maximum Gasteiger partial charge on any atom is 0.170 e. The van der Waals surface area contributed by atoms with Gasteiger partial charge < -0.3 is 10.6 Å². The quantitative estimate of drug-likeness (QED) is 0.833. The van der Waals surface area contributed by atoms with Crippen LogP contribution in [0.15, 0.2) is 30.3 Å². The second kappa shape index (κ2) is 7.04. The Bertz CT molecular complexity index is 425. The fourth-order valence-corrected chi connectivity index (χ4v) is 2.79. The van der Waals surface area contributed by atoms with E-state index in [2.05, 4.69) is 29.4 Å². The first-order valence-corrected chi connectivity index (χ1v) is 7.84. The Morgan fingerprint density at radius 2 is 1.80 bits per heavy atom. The highest BCUT2D eigenvalue weighted by Gasteiger charge is 2.27. The Kier molecular flexibility index (Phi) is 5.38. The SMILES string of the molecule is CC(C)(CNC(=S)Nc1ccccc1)N1CCCCC1. The van der Waals surface area contributed by atoms with Crippen molar-refractivity contribution < 1.29 is 0 Å². The van der Waals surface area contributed by atoms with Gasteiger partial charge in [0.05, 0.1) is 0 Å². The highest BCUT2D eigenvalue weighted by Crippen LogP contribution is 2.19. The Hall–Kier alpha value is -1.13. The second-order valence-electron chi connectivity index (χ2n) is 6.03. The van der Waals surface area contributed by atoms with Crippen molar-refractivity contribution in [2.45, 2.75) is 38.6 Å². The molecule has 110 valence electrons. The number of piperidine rings is 1. The first kappa shape index (κ1) is 15.3. The van der Waals surface area contributed by atoms with Crippen LogP contribution in [0.2, 0.25) is 0 Å². The Morgan fingerprint density at radius 1 is 1.15 bits per heavy atom. The fourth-order valence-electron chi connectivity index (χ4n) is 2.60. The number of likely N-dealkylation sites (tertiary alicyclic amines) is 1. The van der Waals surface area contributed by atoms with Gasteiger partial charge in [-0.15, -0.1) is 0 Å². The normalized spacial score (nSPS) is 16.7. The predicted octanol–water partition coefficient (Wildman–Crippen LogP) is 3.24. The molecule has 1 aliphatic heterocycles. The topological polar surface area (TPSA) is 27.3 Å². The molecule has 3 nitrogen and oxygen atoms in total. The van der Waals surface area contributed by atoms with Crippen molar-refractivity contribution in [2.75, 3.05) is 25.0 Å². The molecule has 0 unspecified atom stereocenters. The summed E-state index contributed by atoms with van der Waals surface area (Å²) in [5.41, 5.74) is 1.17. The molecular formula is C16H25N3S. The summed E-state index contributed by atoms with van der Waals surface area (Å²) in [7, 11) is 0. The van der Waals surface area contributed by atoms with Crippen LogP contribution in [0.4, 0.5) is 5.69 Å².